The van der Waals surface area contributed by atoms with Crippen LogP contribution in [0.2, 0.25) is 0 Å². The van der Waals surface area contributed by atoms with Crippen LogP contribution in [-0.4, -0.2) is 29.6 Å². The van der Waals surface area contributed by atoms with Crippen LogP contribution >= 0.6 is 0 Å². The Morgan fingerprint density at radius 2 is 2.16 bits per heavy atom. The van der Waals surface area contributed by atoms with E-state index in [9.17, 15) is 9.59 Å². The largest absolute Gasteiger partial charge is 0.483 e. The summed E-state index contributed by atoms with van der Waals surface area (Å²) in [6.45, 7) is 3.58. The smallest absolute Gasteiger partial charge is 0.339 e. The number of nitrogens with two attached hydrogens (primary N) is 1. The monoisotopic (exact) mass is 266 g/mol. The van der Waals surface area contributed by atoms with Gasteiger partial charge in [-0.3, -0.25) is 4.79 Å². The first-order chi connectivity index (χ1) is 8.93. The maximum absolute atomic E-state index is 11.5. The molecule has 0 saturated carbocycles. The molecule has 0 fully saturated rings. The van der Waals surface area contributed by atoms with Crippen LogP contribution in [0.1, 0.15) is 30.6 Å². The molecule has 104 valence electrons. The lowest BCUT2D eigenvalue weighted by atomic mass is 10.2. The number of rotatable bonds is 6. The van der Waals surface area contributed by atoms with E-state index in [2.05, 4.69) is 5.32 Å². The molecule has 6 heteroatoms. The van der Waals surface area contributed by atoms with Crippen molar-refractivity contribution in [2.24, 2.45) is 0 Å². The van der Waals surface area contributed by atoms with Crippen molar-refractivity contribution >= 4 is 17.6 Å². The average Bonchev–Trinajstić information content (AvgIpc) is 2.35. The molecule has 19 heavy (non-hydrogen) atoms. The topological polar surface area (TPSA) is 102 Å². The third-order valence-electron chi connectivity index (χ3n) is 2.61. The van der Waals surface area contributed by atoms with Crippen LogP contribution in [0.15, 0.2) is 18.2 Å². The van der Waals surface area contributed by atoms with E-state index in [1.807, 2.05) is 13.8 Å². The maximum atomic E-state index is 11.5. The first-order valence-electron chi connectivity index (χ1n) is 5.99. The van der Waals surface area contributed by atoms with Crippen molar-refractivity contribution in [3.8, 4) is 5.75 Å². The number of anilines is 1. The number of hydrogen-bond donors (Lipinski definition) is 3. The molecule has 0 aromatic heterocycles. The lowest BCUT2D eigenvalue weighted by Gasteiger charge is -2.13. The van der Waals surface area contributed by atoms with Crippen LogP contribution < -0.4 is 15.8 Å². The van der Waals surface area contributed by atoms with Gasteiger partial charge in [0.1, 0.15) is 11.3 Å². The van der Waals surface area contributed by atoms with Crippen molar-refractivity contribution in [3.63, 3.8) is 0 Å². The summed E-state index contributed by atoms with van der Waals surface area (Å²) in [4.78, 5) is 22.5. The summed E-state index contributed by atoms with van der Waals surface area (Å²) in [6.07, 6.45) is 0.810. The molecule has 0 heterocycles. The Hall–Kier alpha value is -2.24. The van der Waals surface area contributed by atoms with Gasteiger partial charge in [-0.25, -0.2) is 4.79 Å². The van der Waals surface area contributed by atoms with Crippen molar-refractivity contribution < 1.29 is 19.4 Å². The molecule has 1 aromatic carbocycles. The summed E-state index contributed by atoms with van der Waals surface area (Å²) in [6, 6.07) is 4.26. The molecule has 0 saturated heterocycles. The Morgan fingerprint density at radius 1 is 1.47 bits per heavy atom. The molecule has 1 atom stereocenters. The molecule has 1 aromatic rings. The zero-order valence-corrected chi connectivity index (χ0v) is 11.0. The second kappa shape index (κ2) is 6.63. The molecule has 0 radical (unpaired) electrons. The maximum Gasteiger partial charge on any atom is 0.339 e. The number of carbonyl (C=O) groups is 2. The minimum absolute atomic E-state index is 0.0226. The minimum atomic E-state index is -1.13. The minimum Gasteiger partial charge on any atom is -0.483 e. The third kappa shape index (κ3) is 4.50. The van der Waals surface area contributed by atoms with E-state index >= 15 is 0 Å². The van der Waals surface area contributed by atoms with Gasteiger partial charge < -0.3 is 20.9 Å². The fourth-order valence-electron chi connectivity index (χ4n) is 1.40. The van der Waals surface area contributed by atoms with Crippen LogP contribution in [0.3, 0.4) is 0 Å². The van der Waals surface area contributed by atoms with E-state index in [1.165, 1.54) is 18.2 Å². The predicted octanol–water partition coefficient (Wildman–Crippen LogP) is 1.26. The molecule has 1 unspecified atom stereocenters. The first kappa shape index (κ1) is 14.8. The van der Waals surface area contributed by atoms with Gasteiger partial charge in [0.2, 0.25) is 0 Å². The molecule has 1 amide bonds. The van der Waals surface area contributed by atoms with Gasteiger partial charge in [0.15, 0.2) is 6.61 Å². The van der Waals surface area contributed by atoms with Crippen molar-refractivity contribution in [1.82, 2.24) is 5.32 Å². The van der Waals surface area contributed by atoms with Gasteiger partial charge in [-0.2, -0.15) is 0 Å². The van der Waals surface area contributed by atoms with Gasteiger partial charge in [-0.15, -0.1) is 0 Å². The molecule has 4 N–H and O–H groups in total. The molecule has 6 nitrogen and oxygen atoms in total. The molecule has 0 aliphatic rings. The molecule has 0 aliphatic carbocycles. The lowest BCUT2D eigenvalue weighted by molar-refractivity contribution is -0.123. The van der Waals surface area contributed by atoms with Crippen molar-refractivity contribution in [3.05, 3.63) is 23.8 Å². The fraction of sp³-hybridized carbons (Fsp3) is 0.385. The second-order valence-electron chi connectivity index (χ2n) is 4.23. The van der Waals surface area contributed by atoms with E-state index in [-0.39, 0.29) is 29.9 Å². The van der Waals surface area contributed by atoms with Gasteiger partial charge in [0, 0.05) is 17.8 Å². The van der Waals surface area contributed by atoms with Crippen LogP contribution in [0.5, 0.6) is 5.75 Å². The van der Waals surface area contributed by atoms with Crippen molar-refractivity contribution in [2.45, 2.75) is 26.3 Å². The SMILES string of the molecule is CCC(C)NC(=O)COc1cc(N)ccc1C(=O)O. The second-order valence-corrected chi connectivity index (χ2v) is 4.23. The summed E-state index contributed by atoms with van der Waals surface area (Å²) < 4.78 is 5.21. The van der Waals surface area contributed by atoms with Crippen LogP contribution in [0.4, 0.5) is 5.69 Å². The molecular formula is C13H18N2O4. The highest BCUT2D eigenvalue weighted by Crippen LogP contribution is 2.21. The Bertz CT molecular complexity index is 474. The number of carbonyl (C=O) groups excluding carboxylic acids is 1. The number of carboxylic acid groups (broad SMARTS) is 1. The highest BCUT2D eigenvalue weighted by Gasteiger charge is 2.13. The van der Waals surface area contributed by atoms with Crippen LogP contribution in [0.25, 0.3) is 0 Å². The predicted molar refractivity (Wildman–Crippen MR) is 71.2 cm³/mol. The highest BCUT2D eigenvalue weighted by atomic mass is 16.5. The molecule has 0 bridgehead atoms. The van der Waals surface area contributed by atoms with Gasteiger partial charge in [0.05, 0.1) is 0 Å². The zero-order chi connectivity index (χ0) is 14.4. The summed E-state index contributed by atoms with van der Waals surface area (Å²) in [5.41, 5.74) is 5.92. The highest BCUT2D eigenvalue weighted by molar-refractivity contribution is 5.91. The van der Waals surface area contributed by atoms with E-state index in [0.717, 1.165) is 6.42 Å². The lowest BCUT2D eigenvalue weighted by Crippen LogP contribution is -2.35. The molecular weight excluding hydrogens is 248 g/mol. The molecule has 1 rings (SSSR count). The average molecular weight is 266 g/mol. The number of carboxylic acids is 1. The number of hydrogen-bond acceptors (Lipinski definition) is 4. The van der Waals surface area contributed by atoms with Crippen molar-refractivity contribution in [2.75, 3.05) is 12.3 Å². The standard InChI is InChI=1S/C13H18N2O4/c1-3-8(2)15-12(16)7-19-11-6-9(14)4-5-10(11)13(17)18/h4-6,8H,3,7,14H2,1-2H3,(H,15,16)(H,17,18). The first-order valence-corrected chi connectivity index (χ1v) is 5.99. The summed E-state index contributed by atoms with van der Waals surface area (Å²) >= 11 is 0. The van der Waals surface area contributed by atoms with E-state index in [0.29, 0.717) is 5.69 Å². The number of nitrogens with one attached hydrogen (secondary N) is 1. The summed E-state index contributed by atoms with van der Waals surface area (Å²) in [5.74, 6) is -1.34. The number of amides is 1. The van der Waals surface area contributed by atoms with E-state index < -0.39 is 5.97 Å². The van der Waals surface area contributed by atoms with E-state index in [4.69, 9.17) is 15.6 Å². The molecule has 0 spiro atoms. The Kier molecular flexibility index (Phi) is 5.17. The Morgan fingerprint density at radius 3 is 2.74 bits per heavy atom. The summed E-state index contributed by atoms with van der Waals surface area (Å²) in [7, 11) is 0. The van der Waals surface area contributed by atoms with Crippen LogP contribution in [0, 0.1) is 0 Å². The normalized spacial score (nSPS) is 11.7. The van der Waals surface area contributed by atoms with Gasteiger partial charge in [-0.1, -0.05) is 6.92 Å². The Balaban J connectivity index is 2.69. The quantitative estimate of drug-likeness (QED) is 0.673. The molecule has 0 aliphatic heterocycles. The number of aromatic carboxylic acids is 1. The van der Waals surface area contributed by atoms with Crippen molar-refractivity contribution in [1.29, 1.82) is 0 Å². The fourth-order valence-corrected chi connectivity index (χ4v) is 1.40. The van der Waals surface area contributed by atoms with Gasteiger partial charge >= 0.3 is 5.97 Å². The Labute approximate surface area is 111 Å². The van der Waals surface area contributed by atoms with Gasteiger partial charge in [0.25, 0.3) is 5.91 Å². The zero-order valence-electron chi connectivity index (χ0n) is 11.0. The third-order valence-corrected chi connectivity index (χ3v) is 2.61. The van der Waals surface area contributed by atoms with Gasteiger partial charge in [-0.05, 0) is 25.5 Å². The van der Waals surface area contributed by atoms with Crippen LogP contribution in [-0.2, 0) is 4.79 Å². The van der Waals surface area contributed by atoms with E-state index in [1.54, 1.807) is 0 Å². The number of nitrogen functional groups attached to an aromatic ring is 1. The summed E-state index contributed by atoms with van der Waals surface area (Å²) in [5, 5.41) is 11.7. The number of ether oxygens (including phenoxy) is 1. The number of benzene rings is 1.